The Hall–Kier alpha value is -1.81. The van der Waals surface area contributed by atoms with Crippen molar-refractivity contribution in [2.45, 2.75) is 19.3 Å². The number of aromatic nitrogens is 1. The summed E-state index contributed by atoms with van der Waals surface area (Å²) in [5, 5.41) is 4.09. The van der Waals surface area contributed by atoms with E-state index in [0.29, 0.717) is 12.5 Å². The van der Waals surface area contributed by atoms with E-state index in [0.717, 1.165) is 11.9 Å². The van der Waals surface area contributed by atoms with E-state index in [2.05, 4.69) is 29.4 Å². The summed E-state index contributed by atoms with van der Waals surface area (Å²) < 4.78 is 0. The van der Waals surface area contributed by atoms with Crippen molar-refractivity contribution in [2.75, 3.05) is 13.1 Å². The van der Waals surface area contributed by atoms with Gasteiger partial charge >= 0.3 is 0 Å². The second-order valence-electron chi connectivity index (χ2n) is 4.40. The number of hydrogen-bond donors (Lipinski definition) is 3. The summed E-state index contributed by atoms with van der Waals surface area (Å²) in [6.45, 7) is 2.81. The monoisotopic (exact) mass is 245 g/mol. The van der Waals surface area contributed by atoms with Gasteiger partial charge in [0.1, 0.15) is 0 Å². The number of para-hydroxylation sites is 1. The van der Waals surface area contributed by atoms with Gasteiger partial charge in [-0.1, -0.05) is 25.1 Å². The molecule has 1 aromatic heterocycles. The van der Waals surface area contributed by atoms with Crippen molar-refractivity contribution < 1.29 is 4.79 Å². The van der Waals surface area contributed by atoms with E-state index in [9.17, 15) is 4.79 Å². The lowest BCUT2D eigenvalue weighted by atomic mass is 9.96. The van der Waals surface area contributed by atoms with E-state index in [-0.39, 0.29) is 12.5 Å². The smallest absolute Gasteiger partial charge is 0.233 e. The van der Waals surface area contributed by atoms with Crippen molar-refractivity contribution in [3.8, 4) is 0 Å². The first kappa shape index (κ1) is 12.6. The third-order valence-corrected chi connectivity index (χ3v) is 3.28. The first-order chi connectivity index (χ1) is 8.76. The summed E-state index contributed by atoms with van der Waals surface area (Å²) in [7, 11) is 0. The van der Waals surface area contributed by atoms with Crippen LogP contribution in [0, 0.1) is 0 Å². The molecule has 2 rings (SSSR count). The van der Waals surface area contributed by atoms with E-state index >= 15 is 0 Å². The zero-order chi connectivity index (χ0) is 13.0. The highest BCUT2D eigenvalue weighted by atomic mass is 16.1. The van der Waals surface area contributed by atoms with Crippen LogP contribution in [-0.4, -0.2) is 24.0 Å². The second kappa shape index (κ2) is 5.69. The number of nitrogens with two attached hydrogens (primary N) is 1. The molecule has 0 aliphatic rings. The third-order valence-electron chi connectivity index (χ3n) is 3.28. The fourth-order valence-electron chi connectivity index (χ4n) is 2.22. The van der Waals surface area contributed by atoms with Gasteiger partial charge in [-0.15, -0.1) is 0 Å². The molecule has 0 fully saturated rings. The SMILES string of the molecule is CCC(CNC(=O)CN)c1c[nH]c2ccccc12. The van der Waals surface area contributed by atoms with Crippen LogP contribution in [-0.2, 0) is 4.79 Å². The Labute approximate surface area is 107 Å². The van der Waals surface area contributed by atoms with E-state index in [1.54, 1.807) is 0 Å². The maximum absolute atomic E-state index is 11.2. The molecule has 1 amide bonds. The molecule has 18 heavy (non-hydrogen) atoms. The van der Waals surface area contributed by atoms with Gasteiger partial charge in [0.15, 0.2) is 0 Å². The number of nitrogens with one attached hydrogen (secondary N) is 2. The summed E-state index contributed by atoms with van der Waals surface area (Å²) in [6.07, 6.45) is 3.01. The molecule has 1 heterocycles. The molecule has 0 saturated carbocycles. The number of amides is 1. The first-order valence-electron chi connectivity index (χ1n) is 6.29. The average molecular weight is 245 g/mol. The summed E-state index contributed by atoms with van der Waals surface area (Å²) in [5.74, 6) is 0.213. The van der Waals surface area contributed by atoms with Crippen molar-refractivity contribution >= 4 is 16.8 Å². The van der Waals surface area contributed by atoms with Gasteiger partial charge in [0, 0.05) is 29.6 Å². The average Bonchev–Trinajstić information content (AvgIpc) is 2.83. The highest BCUT2D eigenvalue weighted by Crippen LogP contribution is 2.27. The van der Waals surface area contributed by atoms with Crippen LogP contribution in [0.1, 0.15) is 24.8 Å². The molecule has 1 atom stereocenters. The zero-order valence-electron chi connectivity index (χ0n) is 10.6. The molecule has 2 aromatic rings. The first-order valence-corrected chi connectivity index (χ1v) is 6.29. The Morgan fingerprint density at radius 2 is 2.22 bits per heavy atom. The minimum absolute atomic E-state index is 0.0460. The van der Waals surface area contributed by atoms with Crippen molar-refractivity contribution in [3.05, 3.63) is 36.0 Å². The number of fused-ring (bicyclic) bond motifs is 1. The van der Waals surface area contributed by atoms with Gasteiger partial charge in [-0.2, -0.15) is 0 Å². The Kier molecular flexibility index (Phi) is 3.99. The van der Waals surface area contributed by atoms with Crippen molar-refractivity contribution in [1.29, 1.82) is 0 Å². The topological polar surface area (TPSA) is 70.9 Å². The summed E-state index contributed by atoms with van der Waals surface area (Å²) >= 11 is 0. The van der Waals surface area contributed by atoms with E-state index in [1.165, 1.54) is 10.9 Å². The maximum atomic E-state index is 11.2. The van der Waals surface area contributed by atoms with Gasteiger partial charge in [0.2, 0.25) is 5.91 Å². The lowest BCUT2D eigenvalue weighted by Gasteiger charge is -2.15. The maximum Gasteiger partial charge on any atom is 0.233 e. The third kappa shape index (κ3) is 2.54. The van der Waals surface area contributed by atoms with Crippen LogP contribution in [0.2, 0.25) is 0 Å². The molecule has 0 saturated heterocycles. The number of benzene rings is 1. The molecule has 4 heteroatoms. The largest absolute Gasteiger partial charge is 0.361 e. The minimum atomic E-state index is -0.103. The van der Waals surface area contributed by atoms with E-state index in [4.69, 9.17) is 5.73 Å². The highest BCUT2D eigenvalue weighted by Gasteiger charge is 2.14. The lowest BCUT2D eigenvalue weighted by molar-refractivity contribution is -0.119. The fraction of sp³-hybridized carbons (Fsp3) is 0.357. The van der Waals surface area contributed by atoms with Crippen LogP contribution >= 0.6 is 0 Å². The van der Waals surface area contributed by atoms with Crippen molar-refractivity contribution in [3.63, 3.8) is 0 Å². The summed E-state index contributed by atoms with van der Waals surface area (Å²) in [5.41, 5.74) is 7.68. The van der Waals surface area contributed by atoms with Crippen LogP contribution in [0.3, 0.4) is 0 Å². The van der Waals surface area contributed by atoms with Crippen molar-refractivity contribution in [2.24, 2.45) is 5.73 Å². The summed E-state index contributed by atoms with van der Waals surface area (Å²) in [6, 6.07) is 8.21. The predicted octanol–water partition coefficient (Wildman–Crippen LogP) is 1.74. The van der Waals surface area contributed by atoms with Crippen molar-refractivity contribution in [1.82, 2.24) is 10.3 Å². The van der Waals surface area contributed by atoms with Gasteiger partial charge in [-0.25, -0.2) is 0 Å². The van der Waals surface area contributed by atoms with Crippen LogP contribution in [0.15, 0.2) is 30.5 Å². The molecular formula is C14H19N3O. The Morgan fingerprint density at radius 3 is 2.94 bits per heavy atom. The van der Waals surface area contributed by atoms with Gasteiger partial charge in [-0.3, -0.25) is 4.79 Å². The number of carbonyl (C=O) groups excluding carboxylic acids is 1. The lowest BCUT2D eigenvalue weighted by Crippen LogP contribution is -2.33. The van der Waals surface area contributed by atoms with Gasteiger partial charge < -0.3 is 16.0 Å². The quantitative estimate of drug-likeness (QED) is 0.750. The Bertz CT molecular complexity index is 533. The molecule has 0 radical (unpaired) electrons. The molecule has 0 aliphatic carbocycles. The highest BCUT2D eigenvalue weighted by molar-refractivity contribution is 5.84. The molecule has 96 valence electrons. The normalized spacial score (nSPS) is 12.6. The number of H-pyrrole nitrogens is 1. The second-order valence-corrected chi connectivity index (χ2v) is 4.40. The van der Waals surface area contributed by atoms with E-state index < -0.39 is 0 Å². The molecule has 4 nitrogen and oxygen atoms in total. The predicted molar refractivity (Wildman–Crippen MR) is 73.4 cm³/mol. The Balaban J connectivity index is 2.19. The van der Waals surface area contributed by atoms with Gasteiger partial charge in [-0.05, 0) is 18.1 Å². The van der Waals surface area contributed by atoms with Crippen LogP contribution in [0.5, 0.6) is 0 Å². The molecule has 4 N–H and O–H groups in total. The molecule has 0 aliphatic heterocycles. The van der Waals surface area contributed by atoms with Crippen LogP contribution < -0.4 is 11.1 Å². The number of rotatable bonds is 5. The number of aromatic amines is 1. The summed E-state index contributed by atoms with van der Waals surface area (Å²) in [4.78, 5) is 14.5. The van der Waals surface area contributed by atoms with Crippen LogP contribution in [0.25, 0.3) is 10.9 Å². The van der Waals surface area contributed by atoms with Gasteiger partial charge in [0.25, 0.3) is 0 Å². The Morgan fingerprint density at radius 1 is 1.44 bits per heavy atom. The number of carbonyl (C=O) groups is 1. The minimum Gasteiger partial charge on any atom is -0.361 e. The molecular weight excluding hydrogens is 226 g/mol. The molecule has 1 aromatic carbocycles. The molecule has 1 unspecified atom stereocenters. The number of hydrogen-bond acceptors (Lipinski definition) is 2. The van der Waals surface area contributed by atoms with Crippen LogP contribution in [0.4, 0.5) is 0 Å². The molecule has 0 bridgehead atoms. The standard InChI is InChI=1S/C14H19N3O/c1-2-10(8-17-14(18)7-15)12-9-16-13-6-4-3-5-11(12)13/h3-6,9-10,16H,2,7-8,15H2,1H3,(H,17,18). The molecule has 0 spiro atoms. The zero-order valence-corrected chi connectivity index (χ0v) is 10.6. The van der Waals surface area contributed by atoms with E-state index in [1.807, 2.05) is 18.3 Å². The fourth-order valence-corrected chi connectivity index (χ4v) is 2.22. The van der Waals surface area contributed by atoms with Gasteiger partial charge in [0.05, 0.1) is 6.54 Å².